The summed E-state index contributed by atoms with van der Waals surface area (Å²) in [5.41, 5.74) is 3.11. The van der Waals surface area contributed by atoms with Crippen LogP contribution >= 0.6 is 0 Å². The van der Waals surface area contributed by atoms with Gasteiger partial charge in [0.05, 0.1) is 12.2 Å². The molecule has 134 valence electrons. The molecule has 1 amide bonds. The van der Waals surface area contributed by atoms with Gasteiger partial charge in [-0.3, -0.25) is 9.48 Å². The molecule has 0 radical (unpaired) electrons. The Balaban J connectivity index is 1.50. The van der Waals surface area contributed by atoms with Crippen molar-refractivity contribution in [2.24, 2.45) is 0 Å². The van der Waals surface area contributed by atoms with Gasteiger partial charge in [0.15, 0.2) is 0 Å². The first-order chi connectivity index (χ1) is 12.7. The van der Waals surface area contributed by atoms with Crippen molar-refractivity contribution in [1.29, 1.82) is 0 Å². The molecule has 3 heterocycles. The van der Waals surface area contributed by atoms with Gasteiger partial charge in [-0.1, -0.05) is 30.3 Å². The molecule has 2 aromatic heterocycles. The summed E-state index contributed by atoms with van der Waals surface area (Å²) in [6.45, 7) is 4.29. The summed E-state index contributed by atoms with van der Waals surface area (Å²) in [5.74, 6) is 0.111. The van der Waals surface area contributed by atoms with Crippen LogP contribution in [-0.2, 0) is 6.54 Å². The molecule has 4 rings (SSSR count). The summed E-state index contributed by atoms with van der Waals surface area (Å²) < 4.78 is 4.05. The van der Waals surface area contributed by atoms with Gasteiger partial charge in [-0.2, -0.15) is 5.10 Å². The van der Waals surface area contributed by atoms with E-state index in [-0.39, 0.29) is 11.9 Å². The summed E-state index contributed by atoms with van der Waals surface area (Å²) in [6.07, 6.45) is 8.01. The van der Waals surface area contributed by atoms with E-state index in [9.17, 15) is 4.79 Å². The highest BCUT2D eigenvalue weighted by Gasteiger charge is 2.27. The van der Waals surface area contributed by atoms with Gasteiger partial charge in [0.25, 0.3) is 5.91 Å². The van der Waals surface area contributed by atoms with E-state index in [0.717, 1.165) is 37.2 Å². The van der Waals surface area contributed by atoms with E-state index in [4.69, 9.17) is 0 Å². The molecule has 0 aliphatic carbocycles. The molecule has 5 heteroatoms. The number of hydrogen-bond donors (Lipinski definition) is 0. The normalized spacial score (nSPS) is 17.4. The minimum absolute atomic E-state index is 0.111. The van der Waals surface area contributed by atoms with Gasteiger partial charge >= 0.3 is 0 Å². The Hall–Kier alpha value is -2.82. The topological polar surface area (TPSA) is 43.1 Å². The van der Waals surface area contributed by atoms with Gasteiger partial charge in [0.2, 0.25) is 0 Å². The van der Waals surface area contributed by atoms with Gasteiger partial charge in [-0.25, -0.2) is 0 Å². The Morgan fingerprint density at radius 2 is 2.04 bits per heavy atom. The molecule has 1 atom stereocenters. The SMILES string of the molecule is Cc1cnn([C@H]2CCCN(C(=O)c3cccn3Cc3ccccc3)C2)c1. The highest BCUT2D eigenvalue weighted by molar-refractivity contribution is 5.92. The summed E-state index contributed by atoms with van der Waals surface area (Å²) in [4.78, 5) is 15.1. The number of aryl methyl sites for hydroxylation is 1. The van der Waals surface area contributed by atoms with E-state index in [2.05, 4.69) is 23.4 Å². The van der Waals surface area contributed by atoms with Crippen molar-refractivity contribution >= 4 is 5.91 Å². The van der Waals surface area contributed by atoms with Crippen LogP contribution in [0.15, 0.2) is 61.1 Å². The Bertz CT molecular complexity index is 880. The highest BCUT2D eigenvalue weighted by Crippen LogP contribution is 2.23. The quantitative estimate of drug-likeness (QED) is 0.724. The Morgan fingerprint density at radius 1 is 1.19 bits per heavy atom. The fourth-order valence-corrected chi connectivity index (χ4v) is 3.68. The van der Waals surface area contributed by atoms with Crippen molar-refractivity contribution in [3.63, 3.8) is 0 Å². The average molecular weight is 348 g/mol. The molecule has 0 bridgehead atoms. The zero-order chi connectivity index (χ0) is 17.9. The Kier molecular flexibility index (Phi) is 4.61. The smallest absolute Gasteiger partial charge is 0.270 e. The zero-order valence-electron chi connectivity index (χ0n) is 15.1. The predicted molar refractivity (Wildman–Crippen MR) is 101 cm³/mol. The van der Waals surface area contributed by atoms with Crippen LogP contribution in [0.3, 0.4) is 0 Å². The van der Waals surface area contributed by atoms with Gasteiger partial charge in [0.1, 0.15) is 5.69 Å². The lowest BCUT2D eigenvalue weighted by Crippen LogP contribution is -2.41. The number of amides is 1. The third-order valence-corrected chi connectivity index (χ3v) is 5.03. The first-order valence-electron chi connectivity index (χ1n) is 9.20. The van der Waals surface area contributed by atoms with Gasteiger partial charge in [0, 0.05) is 32.0 Å². The molecule has 1 saturated heterocycles. The average Bonchev–Trinajstić information content (AvgIpc) is 3.31. The van der Waals surface area contributed by atoms with Crippen molar-refractivity contribution in [3.8, 4) is 0 Å². The summed E-state index contributed by atoms with van der Waals surface area (Å²) >= 11 is 0. The summed E-state index contributed by atoms with van der Waals surface area (Å²) in [5, 5.41) is 4.44. The van der Waals surface area contributed by atoms with Crippen LogP contribution in [0.4, 0.5) is 0 Å². The molecule has 26 heavy (non-hydrogen) atoms. The molecular weight excluding hydrogens is 324 g/mol. The third-order valence-electron chi connectivity index (χ3n) is 5.03. The van der Waals surface area contributed by atoms with E-state index in [0.29, 0.717) is 6.54 Å². The molecule has 1 fully saturated rings. The molecule has 0 spiro atoms. The maximum atomic E-state index is 13.1. The predicted octanol–water partition coefficient (Wildman–Crippen LogP) is 3.52. The van der Waals surface area contributed by atoms with E-state index in [1.165, 1.54) is 5.56 Å². The summed E-state index contributed by atoms with van der Waals surface area (Å²) in [7, 11) is 0. The standard InChI is InChI=1S/C21H24N4O/c1-17-13-22-25(14-17)19-9-5-12-24(16-19)21(26)20-10-6-11-23(20)15-18-7-3-2-4-8-18/h2-4,6-8,10-11,13-14,19H,5,9,12,15-16H2,1H3/t19-/m0/s1. The fraction of sp³-hybridized carbons (Fsp3) is 0.333. The molecule has 0 saturated carbocycles. The van der Waals surface area contributed by atoms with Gasteiger partial charge in [-0.05, 0) is 43.0 Å². The molecule has 1 aromatic carbocycles. The van der Waals surface area contributed by atoms with Crippen LogP contribution in [0.1, 0.15) is 40.5 Å². The third kappa shape index (κ3) is 3.43. The summed E-state index contributed by atoms with van der Waals surface area (Å²) in [6, 6.07) is 14.4. The number of aromatic nitrogens is 3. The lowest BCUT2D eigenvalue weighted by Gasteiger charge is -2.33. The van der Waals surface area contributed by atoms with E-state index in [1.54, 1.807) is 0 Å². The Morgan fingerprint density at radius 3 is 2.81 bits per heavy atom. The molecule has 1 aliphatic rings. The highest BCUT2D eigenvalue weighted by atomic mass is 16.2. The van der Waals surface area contributed by atoms with Gasteiger partial charge < -0.3 is 9.47 Å². The second-order valence-electron chi connectivity index (χ2n) is 7.05. The number of piperidine rings is 1. The Labute approximate surface area is 153 Å². The van der Waals surface area contributed by atoms with Crippen LogP contribution in [0.25, 0.3) is 0 Å². The number of carbonyl (C=O) groups is 1. The number of nitrogens with zero attached hydrogens (tertiary/aromatic N) is 4. The van der Waals surface area contributed by atoms with Crippen molar-refractivity contribution < 1.29 is 4.79 Å². The molecule has 3 aromatic rings. The fourth-order valence-electron chi connectivity index (χ4n) is 3.68. The van der Waals surface area contributed by atoms with Crippen LogP contribution in [-0.4, -0.2) is 38.2 Å². The zero-order valence-corrected chi connectivity index (χ0v) is 15.1. The second kappa shape index (κ2) is 7.20. The molecular formula is C21H24N4O. The van der Waals surface area contributed by atoms with Crippen molar-refractivity contribution in [2.45, 2.75) is 32.4 Å². The lowest BCUT2D eigenvalue weighted by atomic mass is 10.1. The lowest BCUT2D eigenvalue weighted by molar-refractivity contribution is 0.0662. The van der Waals surface area contributed by atoms with Crippen LogP contribution in [0.5, 0.6) is 0 Å². The van der Waals surface area contributed by atoms with Crippen LogP contribution in [0.2, 0.25) is 0 Å². The van der Waals surface area contributed by atoms with Gasteiger partial charge in [-0.15, -0.1) is 0 Å². The van der Waals surface area contributed by atoms with Crippen LogP contribution < -0.4 is 0 Å². The van der Waals surface area contributed by atoms with E-state index in [1.807, 2.05) is 63.8 Å². The largest absolute Gasteiger partial charge is 0.339 e. The number of benzene rings is 1. The first kappa shape index (κ1) is 16.6. The number of likely N-dealkylation sites (tertiary alicyclic amines) is 1. The maximum Gasteiger partial charge on any atom is 0.270 e. The monoisotopic (exact) mass is 348 g/mol. The van der Waals surface area contributed by atoms with Crippen molar-refractivity contribution in [1.82, 2.24) is 19.2 Å². The maximum absolute atomic E-state index is 13.1. The number of rotatable bonds is 4. The number of hydrogen-bond acceptors (Lipinski definition) is 2. The van der Waals surface area contributed by atoms with E-state index >= 15 is 0 Å². The minimum Gasteiger partial charge on any atom is -0.339 e. The van der Waals surface area contributed by atoms with Crippen molar-refractivity contribution in [2.75, 3.05) is 13.1 Å². The molecule has 1 aliphatic heterocycles. The molecule has 0 unspecified atom stereocenters. The minimum atomic E-state index is 0.111. The first-order valence-corrected chi connectivity index (χ1v) is 9.20. The van der Waals surface area contributed by atoms with E-state index < -0.39 is 0 Å². The van der Waals surface area contributed by atoms with Crippen LogP contribution in [0, 0.1) is 6.92 Å². The molecule has 0 N–H and O–H groups in total. The van der Waals surface area contributed by atoms with Crippen molar-refractivity contribution in [3.05, 3.63) is 77.9 Å². The molecule has 5 nitrogen and oxygen atoms in total. The number of carbonyl (C=O) groups excluding carboxylic acids is 1. The second-order valence-corrected chi connectivity index (χ2v) is 7.05.